The molecule has 0 saturated carbocycles. The standard InChI is InChI=1S/C10H14N2O4S/c13-8-3-4-10(14)9(7-8)11-17(15,16)12-5-1-2-6-12/h3-4,7,11,13-14H,1-2,5-6H2. The summed E-state index contributed by atoms with van der Waals surface area (Å²) in [5.74, 6) is -0.326. The minimum absolute atomic E-state index is 0.0168. The minimum Gasteiger partial charge on any atom is -0.508 e. The molecule has 0 atom stereocenters. The van der Waals surface area contributed by atoms with Crippen LogP contribution in [0.2, 0.25) is 0 Å². The average Bonchev–Trinajstić information content (AvgIpc) is 2.77. The molecule has 0 aliphatic carbocycles. The molecule has 17 heavy (non-hydrogen) atoms. The number of nitrogens with zero attached hydrogens (tertiary/aromatic N) is 1. The van der Waals surface area contributed by atoms with E-state index < -0.39 is 10.2 Å². The number of aromatic hydroxyl groups is 2. The van der Waals surface area contributed by atoms with Crippen molar-refractivity contribution >= 4 is 15.9 Å². The molecule has 1 heterocycles. The third-order valence-corrected chi connectivity index (χ3v) is 4.15. The van der Waals surface area contributed by atoms with Crippen LogP contribution in [0.3, 0.4) is 0 Å². The van der Waals surface area contributed by atoms with Gasteiger partial charge in [0, 0.05) is 19.2 Å². The molecule has 0 amide bonds. The van der Waals surface area contributed by atoms with E-state index in [1.807, 2.05) is 0 Å². The average molecular weight is 258 g/mol. The maximum Gasteiger partial charge on any atom is 0.301 e. The zero-order valence-corrected chi connectivity index (χ0v) is 9.94. The van der Waals surface area contributed by atoms with Gasteiger partial charge in [-0.05, 0) is 25.0 Å². The molecule has 1 fully saturated rings. The highest BCUT2D eigenvalue weighted by atomic mass is 32.2. The zero-order valence-electron chi connectivity index (χ0n) is 9.13. The molecule has 3 N–H and O–H groups in total. The van der Waals surface area contributed by atoms with Crippen LogP contribution in [-0.4, -0.2) is 36.0 Å². The fraction of sp³-hybridized carbons (Fsp3) is 0.400. The number of rotatable bonds is 3. The predicted octanol–water partition coefficient (Wildman–Crippen LogP) is 0.850. The highest BCUT2D eigenvalue weighted by Crippen LogP contribution is 2.29. The Bertz CT molecular complexity index is 509. The van der Waals surface area contributed by atoms with E-state index in [0.29, 0.717) is 13.1 Å². The van der Waals surface area contributed by atoms with Crippen LogP contribution in [0.5, 0.6) is 11.5 Å². The van der Waals surface area contributed by atoms with Crippen molar-refractivity contribution in [1.29, 1.82) is 0 Å². The molecule has 1 aliphatic rings. The van der Waals surface area contributed by atoms with Gasteiger partial charge in [-0.3, -0.25) is 4.72 Å². The molecule has 7 heteroatoms. The monoisotopic (exact) mass is 258 g/mol. The van der Waals surface area contributed by atoms with E-state index in [-0.39, 0.29) is 17.2 Å². The normalized spacial score (nSPS) is 17.2. The van der Waals surface area contributed by atoms with Gasteiger partial charge in [0.1, 0.15) is 11.5 Å². The number of nitrogens with one attached hydrogen (secondary N) is 1. The quantitative estimate of drug-likeness (QED) is 0.554. The molecule has 0 radical (unpaired) electrons. The van der Waals surface area contributed by atoms with Crippen LogP contribution in [0.15, 0.2) is 18.2 Å². The second-order valence-corrected chi connectivity index (χ2v) is 5.59. The van der Waals surface area contributed by atoms with Crippen molar-refractivity contribution in [2.24, 2.45) is 0 Å². The smallest absolute Gasteiger partial charge is 0.301 e. The second-order valence-electron chi connectivity index (χ2n) is 3.91. The molecular formula is C10H14N2O4S. The van der Waals surface area contributed by atoms with Crippen LogP contribution in [0.25, 0.3) is 0 Å². The molecule has 94 valence electrons. The topological polar surface area (TPSA) is 89.9 Å². The molecule has 1 saturated heterocycles. The van der Waals surface area contributed by atoms with E-state index in [2.05, 4.69) is 4.72 Å². The summed E-state index contributed by atoms with van der Waals surface area (Å²) in [6.45, 7) is 0.962. The van der Waals surface area contributed by atoms with E-state index >= 15 is 0 Å². The van der Waals surface area contributed by atoms with Crippen LogP contribution >= 0.6 is 0 Å². The number of benzene rings is 1. The first-order chi connectivity index (χ1) is 7.99. The van der Waals surface area contributed by atoms with Gasteiger partial charge >= 0.3 is 10.2 Å². The fourth-order valence-corrected chi connectivity index (χ4v) is 3.05. The Labute approximate surface area is 99.7 Å². The lowest BCUT2D eigenvalue weighted by atomic mass is 10.3. The lowest BCUT2D eigenvalue weighted by molar-refractivity contribution is 0.461. The van der Waals surface area contributed by atoms with E-state index in [9.17, 15) is 18.6 Å². The van der Waals surface area contributed by atoms with Gasteiger partial charge < -0.3 is 10.2 Å². The number of anilines is 1. The Kier molecular flexibility index (Phi) is 3.12. The van der Waals surface area contributed by atoms with Crippen LogP contribution in [0.4, 0.5) is 5.69 Å². The van der Waals surface area contributed by atoms with Crippen LogP contribution < -0.4 is 4.72 Å². The van der Waals surface area contributed by atoms with Crippen LogP contribution in [0.1, 0.15) is 12.8 Å². The predicted molar refractivity (Wildman–Crippen MR) is 63.1 cm³/mol. The summed E-state index contributed by atoms with van der Waals surface area (Å²) in [6.07, 6.45) is 1.68. The zero-order chi connectivity index (χ0) is 12.5. The van der Waals surface area contributed by atoms with Gasteiger partial charge in [-0.15, -0.1) is 0 Å². The Morgan fingerprint density at radius 3 is 2.47 bits per heavy atom. The Morgan fingerprint density at radius 1 is 1.18 bits per heavy atom. The third kappa shape index (κ3) is 2.62. The molecule has 6 nitrogen and oxygen atoms in total. The summed E-state index contributed by atoms with van der Waals surface area (Å²) >= 11 is 0. The van der Waals surface area contributed by atoms with Gasteiger partial charge in [0.25, 0.3) is 0 Å². The molecule has 1 aliphatic heterocycles. The van der Waals surface area contributed by atoms with E-state index in [0.717, 1.165) is 12.8 Å². The highest BCUT2D eigenvalue weighted by Gasteiger charge is 2.25. The van der Waals surface area contributed by atoms with Gasteiger partial charge in [0.05, 0.1) is 5.69 Å². The summed E-state index contributed by atoms with van der Waals surface area (Å²) in [5, 5.41) is 18.7. The first kappa shape index (κ1) is 12.0. The summed E-state index contributed by atoms with van der Waals surface area (Å²) in [6, 6.07) is 3.68. The first-order valence-corrected chi connectivity index (χ1v) is 6.73. The van der Waals surface area contributed by atoms with E-state index in [4.69, 9.17) is 0 Å². The number of hydrogen-bond acceptors (Lipinski definition) is 4. The highest BCUT2D eigenvalue weighted by molar-refractivity contribution is 7.90. The van der Waals surface area contributed by atoms with Crippen molar-refractivity contribution in [3.63, 3.8) is 0 Å². The Balaban J connectivity index is 2.22. The van der Waals surface area contributed by atoms with E-state index in [1.165, 1.54) is 22.5 Å². The van der Waals surface area contributed by atoms with Crippen LogP contribution in [-0.2, 0) is 10.2 Å². The van der Waals surface area contributed by atoms with Gasteiger partial charge in [-0.1, -0.05) is 0 Å². The fourth-order valence-electron chi connectivity index (χ4n) is 1.74. The molecule has 1 aromatic rings. The summed E-state index contributed by atoms with van der Waals surface area (Å²) < 4.78 is 27.3. The maximum absolute atomic E-state index is 11.9. The van der Waals surface area contributed by atoms with Crippen molar-refractivity contribution < 1.29 is 18.6 Å². The van der Waals surface area contributed by atoms with E-state index in [1.54, 1.807) is 0 Å². The largest absolute Gasteiger partial charge is 0.508 e. The lowest BCUT2D eigenvalue weighted by Crippen LogP contribution is -2.33. The summed E-state index contributed by atoms with van der Waals surface area (Å²) in [4.78, 5) is 0. The van der Waals surface area contributed by atoms with Gasteiger partial charge in [0.15, 0.2) is 0 Å². The Morgan fingerprint density at radius 2 is 1.82 bits per heavy atom. The number of hydrogen-bond donors (Lipinski definition) is 3. The van der Waals surface area contributed by atoms with Crippen molar-refractivity contribution in [2.45, 2.75) is 12.8 Å². The SMILES string of the molecule is O=S(=O)(Nc1cc(O)ccc1O)N1CCCC1. The third-order valence-electron chi connectivity index (χ3n) is 2.62. The Hall–Kier alpha value is -1.47. The summed E-state index contributed by atoms with van der Waals surface area (Å²) in [7, 11) is -3.64. The van der Waals surface area contributed by atoms with Gasteiger partial charge in [-0.2, -0.15) is 12.7 Å². The number of phenolic OH excluding ortho intramolecular Hbond substituents is 2. The first-order valence-electron chi connectivity index (χ1n) is 5.29. The van der Waals surface area contributed by atoms with Gasteiger partial charge in [-0.25, -0.2) is 0 Å². The lowest BCUT2D eigenvalue weighted by Gasteiger charge is -2.17. The molecule has 2 rings (SSSR count). The minimum atomic E-state index is -3.64. The summed E-state index contributed by atoms with van der Waals surface area (Å²) in [5.41, 5.74) is -0.0168. The second kappa shape index (κ2) is 4.42. The van der Waals surface area contributed by atoms with Gasteiger partial charge in [0.2, 0.25) is 0 Å². The number of phenols is 2. The molecule has 0 unspecified atom stereocenters. The van der Waals surface area contributed by atoms with Crippen molar-refractivity contribution in [3.8, 4) is 11.5 Å². The van der Waals surface area contributed by atoms with Crippen molar-refractivity contribution in [1.82, 2.24) is 4.31 Å². The molecule has 1 aromatic carbocycles. The maximum atomic E-state index is 11.9. The molecule has 0 aromatic heterocycles. The molecule has 0 bridgehead atoms. The van der Waals surface area contributed by atoms with Crippen molar-refractivity contribution in [3.05, 3.63) is 18.2 Å². The van der Waals surface area contributed by atoms with Crippen LogP contribution in [0, 0.1) is 0 Å². The van der Waals surface area contributed by atoms with Crippen molar-refractivity contribution in [2.75, 3.05) is 17.8 Å². The molecular weight excluding hydrogens is 244 g/mol. The molecule has 0 spiro atoms.